The first-order chi connectivity index (χ1) is 10.1. The fraction of sp³-hybridized carbons (Fsp3) is 0.588. The van der Waals surface area contributed by atoms with E-state index in [2.05, 4.69) is 24.1 Å². The molecule has 1 fully saturated rings. The van der Waals surface area contributed by atoms with Gasteiger partial charge in [-0.05, 0) is 43.9 Å². The summed E-state index contributed by atoms with van der Waals surface area (Å²) in [6.45, 7) is 6.96. The molecule has 0 spiro atoms. The lowest BCUT2D eigenvalue weighted by atomic mass is 9.92. The number of hydrogen-bond donors (Lipinski definition) is 2. The van der Waals surface area contributed by atoms with Gasteiger partial charge in [0, 0.05) is 31.2 Å². The van der Waals surface area contributed by atoms with Crippen LogP contribution in [0.25, 0.3) is 0 Å². The largest absolute Gasteiger partial charge is 0.326 e. The van der Waals surface area contributed by atoms with E-state index in [-0.39, 0.29) is 5.91 Å². The molecular weight excluding hydrogens is 262 g/mol. The van der Waals surface area contributed by atoms with Crippen LogP contribution in [0.15, 0.2) is 24.3 Å². The molecule has 0 aliphatic carbocycles. The lowest BCUT2D eigenvalue weighted by Gasteiger charge is -2.37. The number of para-hydroxylation sites is 1. The van der Waals surface area contributed by atoms with Crippen molar-refractivity contribution in [2.24, 2.45) is 11.7 Å². The number of rotatable bonds is 5. The first-order valence-electron chi connectivity index (χ1n) is 7.93. The van der Waals surface area contributed by atoms with E-state index in [1.165, 1.54) is 12.8 Å². The van der Waals surface area contributed by atoms with Gasteiger partial charge in [0.25, 0.3) is 0 Å². The molecule has 0 bridgehead atoms. The van der Waals surface area contributed by atoms with Crippen LogP contribution in [-0.2, 0) is 11.3 Å². The van der Waals surface area contributed by atoms with Crippen LogP contribution in [0.1, 0.15) is 38.7 Å². The Kier molecular flexibility index (Phi) is 5.76. The van der Waals surface area contributed by atoms with Gasteiger partial charge >= 0.3 is 0 Å². The van der Waals surface area contributed by atoms with Crippen molar-refractivity contribution in [3.05, 3.63) is 29.8 Å². The number of nitrogens with two attached hydrogens (primary N) is 1. The quantitative estimate of drug-likeness (QED) is 0.876. The van der Waals surface area contributed by atoms with Crippen molar-refractivity contribution in [1.82, 2.24) is 4.90 Å². The Labute approximate surface area is 127 Å². The molecule has 0 saturated carbocycles. The summed E-state index contributed by atoms with van der Waals surface area (Å²) in [6.07, 6.45) is 3.08. The predicted octanol–water partition coefficient (Wildman–Crippen LogP) is 2.59. The maximum atomic E-state index is 12.1. The average Bonchev–Trinajstić information content (AvgIpc) is 2.49. The molecule has 2 unspecified atom stereocenters. The molecule has 0 radical (unpaired) electrons. The first-order valence-corrected chi connectivity index (χ1v) is 7.93. The van der Waals surface area contributed by atoms with Crippen LogP contribution in [0.3, 0.4) is 0 Å². The number of benzene rings is 1. The molecule has 1 aliphatic heterocycles. The third-order valence-corrected chi connectivity index (χ3v) is 4.64. The van der Waals surface area contributed by atoms with E-state index in [1.54, 1.807) is 0 Å². The summed E-state index contributed by atoms with van der Waals surface area (Å²) in [5.74, 6) is 0.793. The van der Waals surface area contributed by atoms with Gasteiger partial charge in [-0.15, -0.1) is 0 Å². The summed E-state index contributed by atoms with van der Waals surface area (Å²) in [4.78, 5) is 14.6. The minimum Gasteiger partial charge on any atom is -0.326 e. The second-order valence-corrected chi connectivity index (χ2v) is 6.06. The summed E-state index contributed by atoms with van der Waals surface area (Å²) in [7, 11) is 0. The second kappa shape index (κ2) is 7.57. The van der Waals surface area contributed by atoms with Crippen molar-refractivity contribution in [2.45, 2.75) is 45.7 Å². The fourth-order valence-electron chi connectivity index (χ4n) is 3.01. The molecule has 2 atom stereocenters. The van der Waals surface area contributed by atoms with E-state index in [1.807, 2.05) is 24.3 Å². The summed E-state index contributed by atoms with van der Waals surface area (Å²) in [6, 6.07) is 8.29. The molecular formula is C17H27N3O. The maximum absolute atomic E-state index is 12.1. The van der Waals surface area contributed by atoms with Crippen LogP contribution in [0.2, 0.25) is 0 Å². The average molecular weight is 289 g/mol. The number of carbonyl (C=O) groups is 1. The summed E-state index contributed by atoms with van der Waals surface area (Å²) in [5.41, 5.74) is 7.51. The third-order valence-electron chi connectivity index (χ3n) is 4.64. The number of piperidine rings is 1. The van der Waals surface area contributed by atoms with Gasteiger partial charge in [0.1, 0.15) is 0 Å². The molecule has 1 aromatic carbocycles. The summed E-state index contributed by atoms with van der Waals surface area (Å²) in [5, 5.41) is 2.98. The number of anilines is 1. The first kappa shape index (κ1) is 16.0. The van der Waals surface area contributed by atoms with E-state index in [9.17, 15) is 4.79 Å². The van der Waals surface area contributed by atoms with Gasteiger partial charge in [-0.2, -0.15) is 0 Å². The standard InChI is InChI=1S/C17H27N3O/c1-13-6-5-10-20(14(13)2)11-9-17(21)19-16-8-4-3-7-15(16)12-18/h3-4,7-8,13-14H,5-6,9-12,18H2,1-2H3,(H,19,21). The van der Waals surface area contributed by atoms with Crippen LogP contribution in [0, 0.1) is 5.92 Å². The van der Waals surface area contributed by atoms with Crippen LogP contribution in [0.4, 0.5) is 5.69 Å². The number of hydrogen-bond acceptors (Lipinski definition) is 3. The predicted molar refractivity (Wildman–Crippen MR) is 87.0 cm³/mol. The molecule has 1 aliphatic rings. The van der Waals surface area contributed by atoms with Gasteiger partial charge in [-0.1, -0.05) is 25.1 Å². The van der Waals surface area contributed by atoms with Gasteiger partial charge in [-0.25, -0.2) is 0 Å². The molecule has 4 nitrogen and oxygen atoms in total. The lowest BCUT2D eigenvalue weighted by molar-refractivity contribution is -0.116. The molecule has 0 aromatic heterocycles. The zero-order chi connectivity index (χ0) is 15.2. The van der Waals surface area contributed by atoms with Gasteiger partial charge in [0.2, 0.25) is 5.91 Å². The van der Waals surface area contributed by atoms with E-state index in [4.69, 9.17) is 5.73 Å². The molecule has 1 saturated heterocycles. The summed E-state index contributed by atoms with van der Waals surface area (Å²) < 4.78 is 0. The maximum Gasteiger partial charge on any atom is 0.225 e. The van der Waals surface area contributed by atoms with Crippen molar-refractivity contribution >= 4 is 11.6 Å². The zero-order valence-electron chi connectivity index (χ0n) is 13.1. The van der Waals surface area contributed by atoms with Crippen molar-refractivity contribution in [2.75, 3.05) is 18.4 Å². The van der Waals surface area contributed by atoms with Crippen molar-refractivity contribution in [1.29, 1.82) is 0 Å². The third kappa shape index (κ3) is 4.29. The SMILES string of the molecule is CC1CCCN(CCC(=O)Nc2ccccc2CN)C1C. The second-order valence-electron chi connectivity index (χ2n) is 6.06. The highest BCUT2D eigenvalue weighted by Crippen LogP contribution is 2.23. The highest BCUT2D eigenvalue weighted by molar-refractivity contribution is 5.91. The topological polar surface area (TPSA) is 58.4 Å². The minimum atomic E-state index is 0.0707. The number of carbonyl (C=O) groups excluding carboxylic acids is 1. The van der Waals surface area contributed by atoms with Gasteiger partial charge in [0.05, 0.1) is 0 Å². The Bertz CT molecular complexity index is 475. The Morgan fingerprint density at radius 1 is 1.38 bits per heavy atom. The molecule has 21 heavy (non-hydrogen) atoms. The Hall–Kier alpha value is -1.39. The molecule has 1 heterocycles. The monoisotopic (exact) mass is 289 g/mol. The number of nitrogens with one attached hydrogen (secondary N) is 1. The van der Waals surface area contributed by atoms with Crippen LogP contribution in [-0.4, -0.2) is 29.9 Å². The smallest absolute Gasteiger partial charge is 0.225 e. The van der Waals surface area contributed by atoms with E-state index < -0.39 is 0 Å². The minimum absolute atomic E-state index is 0.0707. The number of nitrogens with zero attached hydrogens (tertiary/aromatic N) is 1. The number of amides is 1. The molecule has 1 amide bonds. The Balaban J connectivity index is 1.84. The van der Waals surface area contributed by atoms with Gasteiger partial charge in [-0.3, -0.25) is 9.69 Å². The normalized spacial score (nSPS) is 23.0. The zero-order valence-corrected chi connectivity index (χ0v) is 13.1. The highest BCUT2D eigenvalue weighted by Gasteiger charge is 2.24. The molecule has 116 valence electrons. The molecule has 4 heteroatoms. The van der Waals surface area contributed by atoms with Crippen molar-refractivity contribution in [3.63, 3.8) is 0 Å². The van der Waals surface area contributed by atoms with Crippen molar-refractivity contribution < 1.29 is 4.79 Å². The Morgan fingerprint density at radius 3 is 2.90 bits per heavy atom. The van der Waals surface area contributed by atoms with Crippen LogP contribution in [0.5, 0.6) is 0 Å². The summed E-state index contributed by atoms with van der Waals surface area (Å²) >= 11 is 0. The Morgan fingerprint density at radius 2 is 2.14 bits per heavy atom. The molecule has 2 rings (SSSR count). The fourth-order valence-corrected chi connectivity index (χ4v) is 3.01. The van der Waals surface area contributed by atoms with E-state index in [0.29, 0.717) is 19.0 Å². The van der Waals surface area contributed by atoms with Crippen LogP contribution < -0.4 is 11.1 Å². The molecule has 1 aromatic rings. The lowest BCUT2D eigenvalue weighted by Crippen LogP contribution is -2.43. The number of likely N-dealkylation sites (tertiary alicyclic amines) is 1. The van der Waals surface area contributed by atoms with E-state index in [0.717, 1.165) is 30.3 Å². The van der Waals surface area contributed by atoms with Gasteiger partial charge in [0.15, 0.2) is 0 Å². The van der Waals surface area contributed by atoms with E-state index >= 15 is 0 Å². The molecule has 3 N–H and O–H groups in total. The highest BCUT2D eigenvalue weighted by atomic mass is 16.1. The van der Waals surface area contributed by atoms with Crippen molar-refractivity contribution in [3.8, 4) is 0 Å². The van der Waals surface area contributed by atoms with Gasteiger partial charge < -0.3 is 11.1 Å². The van der Waals surface area contributed by atoms with Crippen LogP contribution >= 0.6 is 0 Å².